The predicted octanol–water partition coefficient (Wildman–Crippen LogP) is 4.87. The van der Waals surface area contributed by atoms with Gasteiger partial charge in [-0.2, -0.15) is 0 Å². The summed E-state index contributed by atoms with van der Waals surface area (Å²) in [6, 6.07) is 4.57. The Morgan fingerprint density at radius 3 is 2.35 bits per heavy atom. The molecule has 0 heterocycles. The average Bonchev–Trinajstić information content (AvgIpc) is 2.25. The fourth-order valence-electron chi connectivity index (χ4n) is 1.56. The number of nitrogens with one attached hydrogen (secondary N) is 1. The van der Waals surface area contributed by atoms with Crippen molar-refractivity contribution < 1.29 is 17.9 Å². The molecular formula is C14H19BrF3NO. The van der Waals surface area contributed by atoms with E-state index in [9.17, 15) is 13.2 Å². The zero-order chi connectivity index (χ0) is 15.4. The number of rotatable bonds is 5. The van der Waals surface area contributed by atoms with Crippen LogP contribution in [0.25, 0.3) is 0 Å². The van der Waals surface area contributed by atoms with Crippen molar-refractivity contribution in [3.8, 4) is 5.75 Å². The van der Waals surface area contributed by atoms with Crippen LogP contribution in [0.5, 0.6) is 5.75 Å². The minimum Gasteiger partial charge on any atom is -0.405 e. The maximum absolute atomic E-state index is 12.1. The molecule has 1 N–H and O–H groups in total. The van der Waals surface area contributed by atoms with Crippen molar-refractivity contribution in [1.29, 1.82) is 0 Å². The molecule has 0 unspecified atom stereocenters. The number of alkyl halides is 3. The molecule has 1 rings (SSSR count). The first kappa shape index (κ1) is 17.3. The van der Waals surface area contributed by atoms with Gasteiger partial charge in [-0.15, -0.1) is 13.2 Å². The monoisotopic (exact) mass is 353 g/mol. The Kier molecular flexibility index (Phi) is 5.89. The van der Waals surface area contributed by atoms with Crippen LogP contribution in [-0.4, -0.2) is 12.9 Å². The Labute approximate surface area is 125 Å². The zero-order valence-electron chi connectivity index (χ0n) is 11.8. The maximum Gasteiger partial charge on any atom is 0.573 e. The molecule has 0 atom stereocenters. The molecule has 0 saturated heterocycles. The Balaban J connectivity index is 2.51. The first-order valence-electron chi connectivity index (χ1n) is 6.32. The van der Waals surface area contributed by atoms with E-state index in [1.165, 1.54) is 6.07 Å². The smallest absolute Gasteiger partial charge is 0.405 e. The number of benzene rings is 1. The van der Waals surface area contributed by atoms with Crippen molar-refractivity contribution in [1.82, 2.24) is 5.32 Å². The lowest BCUT2D eigenvalue weighted by atomic mass is 9.92. The van der Waals surface area contributed by atoms with Gasteiger partial charge in [-0.25, -0.2) is 0 Å². The van der Waals surface area contributed by atoms with Gasteiger partial charge in [0, 0.05) is 6.54 Å². The Hall–Kier alpha value is -0.750. The van der Waals surface area contributed by atoms with Gasteiger partial charge in [0.25, 0.3) is 0 Å². The van der Waals surface area contributed by atoms with E-state index >= 15 is 0 Å². The normalized spacial score (nSPS) is 12.6. The van der Waals surface area contributed by atoms with Gasteiger partial charge < -0.3 is 10.1 Å². The van der Waals surface area contributed by atoms with Crippen molar-refractivity contribution in [2.75, 3.05) is 6.54 Å². The molecule has 0 aromatic heterocycles. The largest absolute Gasteiger partial charge is 0.573 e. The standard InChI is InChI=1S/C14H19BrF3NO/c1-13(2,3)6-7-19-9-10-4-5-12(11(15)8-10)20-14(16,17)18/h4-5,8,19H,6-7,9H2,1-3H3. The van der Waals surface area contributed by atoms with E-state index in [4.69, 9.17) is 0 Å². The lowest BCUT2D eigenvalue weighted by Gasteiger charge is -2.18. The Morgan fingerprint density at radius 2 is 1.85 bits per heavy atom. The van der Waals surface area contributed by atoms with Crippen molar-refractivity contribution in [3.63, 3.8) is 0 Å². The molecule has 0 radical (unpaired) electrons. The summed E-state index contributed by atoms with van der Waals surface area (Å²) in [5.74, 6) is -0.226. The van der Waals surface area contributed by atoms with Gasteiger partial charge in [0.05, 0.1) is 4.47 Å². The van der Waals surface area contributed by atoms with Crippen LogP contribution in [0.15, 0.2) is 22.7 Å². The van der Waals surface area contributed by atoms with Crippen molar-refractivity contribution >= 4 is 15.9 Å². The van der Waals surface area contributed by atoms with Gasteiger partial charge in [-0.1, -0.05) is 26.8 Å². The lowest BCUT2D eigenvalue weighted by molar-refractivity contribution is -0.274. The van der Waals surface area contributed by atoms with E-state index in [1.54, 1.807) is 12.1 Å². The number of hydrogen-bond acceptors (Lipinski definition) is 2. The summed E-state index contributed by atoms with van der Waals surface area (Å²) in [7, 11) is 0. The third kappa shape index (κ3) is 7.14. The number of ether oxygens (including phenoxy) is 1. The SMILES string of the molecule is CC(C)(C)CCNCc1ccc(OC(F)(F)F)c(Br)c1. The molecular weight excluding hydrogens is 335 g/mol. The molecule has 0 saturated carbocycles. The van der Waals surface area contributed by atoms with Gasteiger partial charge >= 0.3 is 6.36 Å². The number of hydrogen-bond donors (Lipinski definition) is 1. The van der Waals surface area contributed by atoms with E-state index in [0.717, 1.165) is 18.5 Å². The van der Waals surface area contributed by atoms with E-state index in [1.807, 2.05) is 0 Å². The highest BCUT2D eigenvalue weighted by atomic mass is 79.9. The van der Waals surface area contributed by atoms with E-state index in [2.05, 4.69) is 46.8 Å². The first-order chi connectivity index (χ1) is 9.07. The molecule has 114 valence electrons. The fraction of sp³-hybridized carbons (Fsp3) is 0.571. The van der Waals surface area contributed by atoms with Crippen LogP contribution < -0.4 is 10.1 Å². The summed E-state index contributed by atoms with van der Waals surface area (Å²) in [6.45, 7) is 7.96. The summed E-state index contributed by atoms with van der Waals surface area (Å²) in [6.07, 6.45) is -3.64. The van der Waals surface area contributed by atoms with E-state index in [0.29, 0.717) is 11.0 Å². The molecule has 0 bridgehead atoms. The molecule has 20 heavy (non-hydrogen) atoms. The van der Waals surface area contributed by atoms with Gasteiger partial charge in [0.15, 0.2) is 0 Å². The second-order valence-corrected chi connectivity index (χ2v) is 6.65. The first-order valence-corrected chi connectivity index (χ1v) is 7.11. The third-order valence-electron chi connectivity index (χ3n) is 2.60. The molecule has 0 amide bonds. The Bertz CT molecular complexity index is 441. The maximum atomic E-state index is 12.1. The minimum atomic E-state index is -4.67. The molecule has 0 aliphatic rings. The van der Waals surface area contributed by atoms with Gasteiger partial charge in [0.1, 0.15) is 5.75 Å². The van der Waals surface area contributed by atoms with Gasteiger partial charge in [-0.05, 0) is 52.0 Å². The van der Waals surface area contributed by atoms with Gasteiger partial charge in [0.2, 0.25) is 0 Å². The van der Waals surface area contributed by atoms with Gasteiger partial charge in [-0.3, -0.25) is 0 Å². The second-order valence-electron chi connectivity index (χ2n) is 5.80. The molecule has 2 nitrogen and oxygen atoms in total. The quantitative estimate of drug-likeness (QED) is 0.762. The van der Waals surface area contributed by atoms with Crippen molar-refractivity contribution in [2.45, 2.75) is 40.1 Å². The highest BCUT2D eigenvalue weighted by Gasteiger charge is 2.31. The third-order valence-corrected chi connectivity index (χ3v) is 3.22. The van der Waals surface area contributed by atoms with E-state index in [-0.39, 0.29) is 11.2 Å². The number of halogens is 4. The lowest BCUT2D eigenvalue weighted by Crippen LogP contribution is -2.20. The Morgan fingerprint density at radius 1 is 1.20 bits per heavy atom. The molecule has 6 heteroatoms. The van der Waals surface area contributed by atoms with Crippen LogP contribution in [-0.2, 0) is 6.54 Å². The van der Waals surface area contributed by atoms with Crippen molar-refractivity contribution in [3.05, 3.63) is 28.2 Å². The summed E-state index contributed by atoms with van der Waals surface area (Å²) >= 11 is 3.09. The summed E-state index contributed by atoms with van der Waals surface area (Å²) in [5, 5.41) is 3.27. The molecule has 0 aliphatic carbocycles. The van der Waals surface area contributed by atoms with Crippen LogP contribution in [0.4, 0.5) is 13.2 Å². The van der Waals surface area contributed by atoms with Crippen LogP contribution >= 0.6 is 15.9 Å². The van der Waals surface area contributed by atoms with Crippen LogP contribution in [0.2, 0.25) is 0 Å². The second kappa shape index (κ2) is 6.80. The van der Waals surface area contributed by atoms with Crippen LogP contribution in [0.3, 0.4) is 0 Å². The minimum absolute atomic E-state index is 0.226. The molecule has 1 aromatic carbocycles. The molecule has 0 fully saturated rings. The average molecular weight is 354 g/mol. The van der Waals surface area contributed by atoms with E-state index < -0.39 is 6.36 Å². The predicted molar refractivity (Wildman–Crippen MR) is 76.6 cm³/mol. The van der Waals surface area contributed by atoms with Crippen molar-refractivity contribution in [2.24, 2.45) is 5.41 Å². The van der Waals surface area contributed by atoms with Crippen LogP contribution in [0.1, 0.15) is 32.8 Å². The highest BCUT2D eigenvalue weighted by molar-refractivity contribution is 9.10. The zero-order valence-corrected chi connectivity index (χ0v) is 13.4. The van der Waals surface area contributed by atoms with Crippen LogP contribution in [0, 0.1) is 5.41 Å². The molecule has 0 spiro atoms. The summed E-state index contributed by atoms with van der Waals surface area (Å²) in [4.78, 5) is 0. The topological polar surface area (TPSA) is 21.3 Å². The highest BCUT2D eigenvalue weighted by Crippen LogP contribution is 2.31. The summed E-state index contributed by atoms with van der Waals surface area (Å²) in [5.41, 5.74) is 1.16. The molecule has 0 aliphatic heterocycles. The fourth-order valence-corrected chi connectivity index (χ4v) is 2.07. The summed E-state index contributed by atoms with van der Waals surface area (Å²) < 4.78 is 40.6. The molecule has 1 aromatic rings.